The van der Waals surface area contributed by atoms with Gasteiger partial charge in [-0.25, -0.2) is 4.79 Å². The molecule has 0 aliphatic heterocycles. The monoisotopic (exact) mass is 670 g/mol. The molecule has 0 radical (unpaired) electrons. The number of esters is 1. The molecule has 3 rings (SSSR count). The molecule has 0 aliphatic carbocycles. The largest absolute Gasteiger partial charge is 0.494 e. The average Bonchev–Trinajstić information content (AvgIpc) is 3.13. The van der Waals surface area contributed by atoms with Crippen LogP contribution in [0.2, 0.25) is 0 Å². The Morgan fingerprint density at radius 1 is 0.490 bits per heavy atom. The molecule has 0 amide bonds. The van der Waals surface area contributed by atoms with E-state index in [1.54, 1.807) is 12.1 Å². The van der Waals surface area contributed by atoms with Gasteiger partial charge in [-0.3, -0.25) is 0 Å². The van der Waals surface area contributed by atoms with Crippen molar-refractivity contribution in [2.75, 3.05) is 13.2 Å². The topological polar surface area (TPSA) is 44.8 Å². The fraction of sp³-hybridized carbons (Fsp3) is 0.578. The highest BCUT2D eigenvalue weighted by molar-refractivity contribution is 5.91. The second-order valence-corrected chi connectivity index (χ2v) is 13.8. The molecule has 0 aliphatic rings. The van der Waals surface area contributed by atoms with E-state index in [2.05, 4.69) is 45.0 Å². The maximum absolute atomic E-state index is 12.8. The molecule has 4 nitrogen and oxygen atoms in total. The maximum Gasteiger partial charge on any atom is 0.343 e. The molecule has 0 saturated carbocycles. The first kappa shape index (κ1) is 40.3. The van der Waals surface area contributed by atoms with Gasteiger partial charge >= 0.3 is 5.97 Å². The Labute approximate surface area is 299 Å². The van der Waals surface area contributed by atoms with E-state index in [0.29, 0.717) is 17.9 Å². The molecule has 0 fully saturated rings. The van der Waals surface area contributed by atoms with Gasteiger partial charge < -0.3 is 14.2 Å². The van der Waals surface area contributed by atoms with Crippen molar-refractivity contribution >= 4 is 5.97 Å². The van der Waals surface area contributed by atoms with Crippen molar-refractivity contribution in [1.29, 1.82) is 0 Å². The SMILES string of the molecule is CCCCCCCCCCCCOc1ccc(C(=O)Oc2ccc(-c3ccc(C(C)OCCCCCCCCCCCC)cc3)cc2)cc1. The number of hydrogen-bond donors (Lipinski definition) is 0. The van der Waals surface area contributed by atoms with Crippen LogP contribution in [0.25, 0.3) is 11.1 Å². The van der Waals surface area contributed by atoms with Gasteiger partial charge in [-0.05, 0) is 72.9 Å². The summed E-state index contributed by atoms with van der Waals surface area (Å²) in [6.45, 7) is 8.20. The Morgan fingerprint density at radius 2 is 0.898 bits per heavy atom. The lowest BCUT2D eigenvalue weighted by Crippen LogP contribution is -2.08. The standard InChI is InChI=1S/C45H66O4/c1-4-6-8-10-12-14-16-18-20-22-36-47-38(3)39-24-26-40(27-25-39)41-28-34-44(35-29-41)49-45(46)42-30-32-43(33-31-42)48-37-23-21-19-17-15-13-11-9-7-5-2/h24-35,38H,4-23,36-37H2,1-3H3. The summed E-state index contributed by atoms with van der Waals surface area (Å²) in [6, 6.07) is 23.5. The molecule has 0 heterocycles. The minimum atomic E-state index is -0.370. The zero-order valence-corrected chi connectivity index (χ0v) is 31.2. The minimum Gasteiger partial charge on any atom is -0.494 e. The lowest BCUT2D eigenvalue weighted by molar-refractivity contribution is 0.0627. The molecule has 0 spiro atoms. The number of carbonyl (C=O) groups excluding carboxylic acids is 1. The van der Waals surface area contributed by atoms with Crippen LogP contribution in [0, 0.1) is 0 Å². The molecule has 270 valence electrons. The number of unbranched alkanes of at least 4 members (excludes halogenated alkanes) is 18. The van der Waals surface area contributed by atoms with E-state index >= 15 is 0 Å². The van der Waals surface area contributed by atoms with Crippen LogP contribution in [-0.2, 0) is 4.74 Å². The smallest absolute Gasteiger partial charge is 0.343 e. The van der Waals surface area contributed by atoms with Gasteiger partial charge in [0.2, 0.25) is 0 Å². The third kappa shape index (κ3) is 17.4. The molecule has 0 bridgehead atoms. The molecular weight excluding hydrogens is 604 g/mol. The van der Waals surface area contributed by atoms with Crippen LogP contribution in [-0.4, -0.2) is 19.2 Å². The number of carbonyl (C=O) groups is 1. The van der Waals surface area contributed by atoms with Crippen molar-refractivity contribution in [3.8, 4) is 22.6 Å². The fourth-order valence-electron chi connectivity index (χ4n) is 6.24. The molecule has 3 aromatic carbocycles. The fourth-order valence-corrected chi connectivity index (χ4v) is 6.24. The van der Waals surface area contributed by atoms with Gasteiger partial charge in [-0.2, -0.15) is 0 Å². The lowest BCUT2D eigenvalue weighted by Gasteiger charge is -2.14. The van der Waals surface area contributed by atoms with Crippen LogP contribution in [0.5, 0.6) is 11.5 Å². The first-order valence-corrected chi connectivity index (χ1v) is 19.9. The molecule has 3 aromatic rings. The summed E-state index contributed by atoms with van der Waals surface area (Å²) in [5.74, 6) is 0.948. The van der Waals surface area contributed by atoms with Gasteiger partial charge in [-0.1, -0.05) is 166 Å². The molecule has 0 N–H and O–H groups in total. The summed E-state index contributed by atoms with van der Waals surface area (Å²) < 4.78 is 17.7. The first-order chi connectivity index (χ1) is 24.1. The van der Waals surface area contributed by atoms with Gasteiger partial charge in [0, 0.05) is 6.61 Å². The summed E-state index contributed by atoms with van der Waals surface area (Å²) in [4.78, 5) is 12.8. The van der Waals surface area contributed by atoms with Crippen LogP contribution < -0.4 is 9.47 Å². The first-order valence-electron chi connectivity index (χ1n) is 19.9. The predicted molar refractivity (Wildman–Crippen MR) is 207 cm³/mol. The second-order valence-electron chi connectivity index (χ2n) is 13.8. The van der Waals surface area contributed by atoms with Crippen LogP contribution in [0.4, 0.5) is 0 Å². The van der Waals surface area contributed by atoms with Gasteiger partial charge in [0.15, 0.2) is 0 Å². The van der Waals surface area contributed by atoms with Crippen molar-refractivity contribution in [2.45, 2.75) is 155 Å². The Kier molecular flexibility index (Phi) is 21.2. The van der Waals surface area contributed by atoms with Crippen molar-refractivity contribution < 1.29 is 19.0 Å². The second kappa shape index (κ2) is 25.8. The van der Waals surface area contributed by atoms with Crippen molar-refractivity contribution in [3.05, 3.63) is 83.9 Å². The van der Waals surface area contributed by atoms with Crippen LogP contribution in [0.3, 0.4) is 0 Å². The minimum absolute atomic E-state index is 0.0829. The van der Waals surface area contributed by atoms with Gasteiger partial charge in [0.25, 0.3) is 0 Å². The molecule has 0 saturated heterocycles. The van der Waals surface area contributed by atoms with E-state index in [0.717, 1.165) is 36.3 Å². The maximum atomic E-state index is 12.8. The van der Waals surface area contributed by atoms with Crippen molar-refractivity contribution in [3.63, 3.8) is 0 Å². The van der Waals surface area contributed by atoms with Crippen LogP contribution >= 0.6 is 0 Å². The van der Waals surface area contributed by atoms with Crippen molar-refractivity contribution in [1.82, 2.24) is 0 Å². The number of hydrogen-bond acceptors (Lipinski definition) is 4. The van der Waals surface area contributed by atoms with E-state index in [4.69, 9.17) is 14.2 Å². The molecule has 4 heteroatoms. The third-order valence-corrected chi connectivity index (χ3v) is 9.50. The number of benzene rings is 3. The number of rotatable bonds is 28. The van der Waals surface area contributed by atoms with E-state index in [-0.39, 0.29) is 12.1 Å². The highest BCUT2D eigenvalue weighted by Crippen LogP contribution is 2.26. The van der Waals surface area contributed by atoms with Crippen LogP contribution in [0.1, 0.15) is 171 Å². The van der Waals surface area contributed by atoms with Crippen LogP contribution in [0.15, 0.2) is 72.8 Å². The Morgan fingerprint density at radius 3 is 1.39 bits per heavy atom. The van der Waals surface area contributed by atoms with Gasteiger partial charge in [0.1, 0.15) is 11.5 Å². The average molecular weight is 671 g/mol. The molecule has 0 aromatic heterocycles. The van der Waals surface area contributed by atoms with Crippen molar-refractivity contribution in [2.24, 2.45) is 0 Å². The summed E-state index contributed by atoms with van der Waals surface area (Å²) in [7, 11) is 0. The highest BCUT2D eigenvalue weighted by Gasteiger charge is 2.10. The Bertz CT molecular complexity index is 1230. The number of ether oxygens (including phenoxy) is 3. The summed E-state index contributed by atoms with van der Waals surface area (Å²) in [5.41, 5.74) is 3.90. The Balaban J connectivity index is 1.29. The third-order valence-electron chi connectivity index (χ3n) is 9.50. The van der Waals surface area contributed by atoms with E-state index in [9.17, 15) is 4.79 Å². The zero-order valence-electron chi connectivity index (χ0n) is 31.2. The normalized spacial score (nSPS) is 11.8. The predicted octanol–water partition coefficient (Wildman–Crippen LogP) is 13.9. The summed E-state index contributed by atoms with van der Waals surface area (Å²) in [5, 5.41) is 0. The molecule has 49 heavy (non-hydrogen) atoms. The zero-order chi connectivity index (χ0) is 34.8. The summed E-state index contributed by atoms with van der Waals surface area (Å²) in [6.07, 6.45) is 26.5. The van der Waals surface area contributed by atoms with E-state index in [1.165, 1.54) is 121 Å². The summed E-state index contributed by atoms with van der Waals surface area (Å²) >= 11 is 0. The van der Waals surface area contributed by atoms with Gasteiger partial charge in [-0.15, -0.1) is 0 Å². The quantitative estimate of drug-likeness (QED) is 0.0438. The molecular formula is C45H66O4. The lowest BCUT2D eigenvalue weighted by atomic mass is 10.0. The molecule has 1 atom stereocenters. The Hall–Kier alpha value is -3.11. The van der Waals surface area contributed by atoms with E-state index in [1.807, 2.05) is 36.4 Å². The van der Waals surface area contributed by atoms with Gasteiger partial charge in [0.05, 0.1) is 18.3 Å². The molecule has 1 unspecified atom stereocenters. The van der Waals surface area contributed by atoms with E-state index < -0.39 is 0 Å². The highest BCUT2D eigenvalue weighted by atomic mass is 16.5.